The lowest BCUT2D eigenvalue weighted by atomic mass is 9.85. The summed E-state index contributed by atoms with van der Waals surface area (Å²) in [5.41, 5.74) is 2.01. The molecule has 0 bridgehead atoms. The lowest BCUT2D eigenvalue weighted by Crippen LogP contribution is -2.48. The Morgan fingerprint density at radius 1 is 1.14 bits per heavy atom. The van der Waals surface area contributed by atoms with Gasteiger partial charge in [-0.3, -0.25) is 14.7 Å². The quantitative estimate of drug-likeness (QED) is 0.633. The number of aromatic amines is 1. The lowest BCUT2D eigenvalue weighted by molar-refractivity contribution is -0.119. The van der Waals surface area contributed by atoms with Gasteiger partial charge in [-0.1, -0.05) is 50.2 Å². The van der Waals surface area contributed by atoms with Crippen LogP contribution in [0, 0.1) is 5.92 Å². The summed E-state index contributed by atoms with van der Waals surface area (Å²) in [6.07, 6.45) is 2.18. The second kappa shape index (κ2) is 7.83. The van der Waals surface area contributed by atoms with Crippen molar-refractivity contribution in [3.8, 4) is 0 Å². The smallest absolute Gasteiger partial charge is 0.291 e. The first kappa shape index (κ1) is 18.8. The van der Waals surface area contributed by atoms with Gasteiger partial charge in [0, 0.05) is 12.6 Å². The number of aromatic nitrogens is 4. The molecule has 0 spiro atoms. The van der Waals surface area contributed by atoms with E-state index in [4.69, 9.17) is 0 Å². The predicted molar refractivity (Wildman–Crippen MR) is 107 cm³/mol. The van der Waals surface area contributed by atoms with E-state index in [0.29, 0.717) is 18.1 Å². The molecule has 29 heavy (non-hydrogen) atoms. The number of amides is 2. The van der Waals surface area contributed by atoms with E-state index in [0.717, 1.165) is 11.1 Å². The standard InChI is InChI=1S/C21H22N6O2/c1-12-13(2)17(20(28)25-18-15(12)9-6-10-22-18)24-21(29)19-23-16(26-27-19)11-14-7-4-3-5-8-14/h3-10,12-13,17H,11H2,1-2H3,(H,24,29)(H,22,25,28)(H,23,26,27)/t12-,13+,17+/m1/s1. The highest BCUT2D eigenvalue weighted by molar-refractivity contribution is 6.00. The van der Waals surface area contributed by atoms with Crippen LogP contribution in [0.1, 0.15) is 47.3 Å². The first-order valence-electron chi connectivity index (χ1n) is 9.55. The number of hydrogen-bond donors (Lipinski definition) is 3. The fraction of sp³-hybridized carbons (Fsp3) is 0.286. The molecule has 1 aromatic carbocycles. The molecule has 1 aliphatic heterocycles. The third-order valence-corrected chi connectivity index (χ3v) is 5.40. The van der Waals surface area contributed by atoms with Crippen molar-refractivity contribution in [2.24, 2.45) is 5.92 Å². The number of nitrogens with zero attached hydrogens (tertiary/aromatic N) is 3. The molecule has 0 unspecified atom stereocenters. The molecule has 148 valence electrons. The number of hydrogen-bond acceptors (Lipinski definition) is 5. The Bertz CT molecular complexity index is 1030. The van der Waals surface area contributed by atoms with Crippen LogP contribution in [-0.4, -0.2) is 38.0 Å². The van der Waals surface area contributed by atoms with E-state index in [1.54, 1.807) is 6.20 Å². The summed E-state index contributed by atoms with van der Waals surface area (Å²) >= 11 is 0. The lowest BCUT2D eigenvalue weighted by Gasteiger charge is -2.25. The van der Waals surface area contributed by atoms with Crippen LogP contribution in [0.3, 0.4) is 0 Å². The zero-order valence-electron chi connectivity index (χ0n) is 16.2. The van der Waals surface area contributed by atoms with Gasteiger partial charge in [-0.25, -0.2) is 9.97 Å². The topological polar surface area (TPSA) is 113 Å². The second-order valence-corrected chi connectivity index (χ2v) is 7.30. The van der Waals surface area contributed by atoms with Gasteiger partial charge in [0.2, 0.25) is 11.7 Å². The number of nitrogens with one attached hydrogen (secondary N) is 3. The summed E-state index contributed by atoms with van der Waals surface area (Å²) in [4.78, 5) is 34.0. The maximum Gasteiger partial charge on any atom is 0.291 e. The monoisotopic (exact) mass is 390 g/mol. The van der Waals surface area contributed by atoms with Crippen molar-refractivity contribution in [3.05, 3.63) is 71.4 Å². The van der Waals surface area contributed by atoms with Crippen molar-refractivity contribution in [1.82, 2.24) is 25.5 Å². The van der Waals surface area contributed by atoms with Crippen LogP contribution in [0.25, 0.3) is 0 Å². The number of fused-ring (bicyclic) bond motifs is 1. The van der Waals surface area contributed by atoms with Crippen LogP contribution >= 0.6 is 0 Å². The Kier molecular flexibility index (Phi) is 5.07. The van der Waals surface area contributed by atoms with Crippen molar-refractivity contribution < 1.29 is 9.59 Å². The van der Waals surface area contributed by atoms with E-state index in [-0.39, 0.29) is 23.6 Å². The van der Waals surface area contributed by atoms with E-state index >= 15 is 0 Å². The minimum atomic E-state index is -0.720. The average Bonchev–Trinajstić information content (AvgIpc) is 3.17. The fourth-order valence-corrected chi connectivity index (χ4v) is 3.56. The number of H-pyrrole nitrogens is 1. The number of benzene rings is 1. The molecule has 1 aliphatic rings. The van der Waals surface area contributed by atoms with Gasteiger partial charge in [0.15, 0.2) is 0 Å². The summed E-state index contributed by atoms with van der Waals surface area (Å²) in [5, 5.41) is 12.4. The van der Waals surface area contributed by atoms with Crippen molar-refractivity contribution in [2.45, 2.75) is 32.2 Å². The Morgan fingerprint density at radius 3 is 2.72 bits per heavy atom. The Morgan fingerprint density at radius 2 is 1.93 bits per heavy atom. The number of carbonyl (C=O) groups excluding carboxylic acids is 2. The third-order valence-electron chi connectivity index (χ3n) is 5.40. The molecule has 0 saturated heterocycles. The molecule has 3 N–H and O–H groups in total. The van der Waals surface area contributed by atoms with Crippen LogP contribution in [0.15, 0.2) is 48.7 Å². The van der Waals surface area contributed by atoms with Crippen molar-refractivity contribution in [2.75, 3.05) is 5.32 Å². The minimum Gasteiger partial charge on any atom is -0.337 e. The molecule has 0 radical (unpaired) electrons. The molecule has 4 rings (SSSR count). The van der Waals surface area contributed by atoms with Crippen LogP contribution in [0.4, 0.5) is 5.82 Å². The highest BCUT2D eigenvalue weighted by Gasteiger charge is 2.36. The minimum absolute atomic E-state index is 0.0171. The van der Waals surface area contributed by atoms with Crippen LogP contribution in [0.2, 0.25) is 0 Å². The zero-order valence-corrected chi connectivity index (χ0v) is 16.2. The summed E-state index contributed by atoms with van der Waals surface area (Å²) in [5.74, 6) is 0.259. The van der Waals surface area contributed by atoms with Crippen LogP contribution < -0.4 is 10.6 Å². The van der Waals surface area contributed by atoms with Crippen molar-refractivity contribution in [3.63, 3.8) is 0 Å². The van der Waals surface area contributed by atoms with Gasteiger partial charge in [0.05, 0.1) is 0 Å². The molecule has 2 amide bonds. The van der Waals surface area contributed by atoms with Gasteiger partial charge < -0.3 is 10.6 Å². The molecule has 8 nitrogen and oxygen atoms in total. The Hall–Kier alpha value is -3.55. The van der Waals surface area contributed by atoms with Gasteiger partial charge in [-0.2, -0.15) is 0 Å². The first-order chi connectivity index (χ1) is 14.0. The van der Waals surface area contributed by atoms with Crippen molar-refractivity contribution in [1.29, 1.82) is 0 Å². The van der Waals surface area contributed by atoms with Gasteiger partial charge >= 0.3 is 0 Å². The maximum absolute atomic E-state index is 12.7. The summed E-state index contributed by atoms with van der Waals surface area (Å²) in [6, 6.07) is 12.9. The van der Waals surface area contributed by atoms with E-state index < -0.39 is 11.9 Å². The van der Waals surface area contributed by atoms with E-state index in [1.807, 2.05) is 56.3 Å². The molecule has 8 heteroatoms. The molecule has 3 aromatic rings. The molecule has 3 atom stereocenters. The molecular formula is C21H22N6O2. The van der Waals surface area contributed by atoms with Gasteiger partial charge in [-0.15, -0.1) is 5.10 Å². The zero-order chi connectivity index (χ0) is 20.4. The summed E-state index contributed by atoms with van der Waals surface area (Å²) in [7, 11) is 0. The normalized spacial score (nSPS) is 21.0. The van der Waals surface area contributed by atoms with Gasteiger partial charge in [-0.05, 0) is 29.0 Å². The van der Waals surface area contributed by atoms with E-state index in [1.165, 1.54) is 0 Å². The molecule has 3 heterocycles. The molecular weight excluding hydrogens is 368 g/mol. The summed E-state index contributed by atoms with van der Waals surface area (Å²) in [6.45, 7) is 3.96. The Balaban J connectivity index is 1.49. The van der Waals surface area contributed by atoms with Gasteiger partial charge in [0.25, 0.3) is 5.91 Å². The highest BCUT2D eigenvalue weighted by Crippen LogP contribution is 2.33. The van der Waals surface area contributed by atoms with E-state index in [9.17, 15) is 9.59 Å². The largest absolute Gasteiger partial charge is 0.337 e. The number of carbonyl (C=O) groups is 2. The molecule has 0 aliphatic carbocycles. The molecule has 0 fully saturated rings. The Labute approximate surface area is 168 Å². The SMILES string of the molecule is C[C@@H]1[C@H](NC(=O)c2n[nH]c(Cc3ccccc3)n2)C(=O)Nc2ncccc2[C@@H]1C. The number of rotatable bonds is 4. The molecule has 2 aromatic heterocycles. The van der Waals surface area contributed by atoms with Crippen LogP contribution in [-0.2, 0) is 11.2 Å². The fourth-order valence-electron chi connectivity index (χ4n) is 3.56. The van der Waals surface area contributed by atoms with Crippen LogP contribution in [0.5, 0.6) is 0 Å². The number of pyridine rings is 1. The van der Waals surface area contributed by atoms with Gasteiger partial charge in [0.1, 0.15) is 17.7 Å². The summed E-state index contributed by atoms with van der Waals surface area (Å²) < 4.78 is 0. The van der Waals surface area contributed by atoms with E-state index in [2.05, 4.69) is 30.8 Å². The maximum atomic E-state index is 12.7. The average molecular weight is 390 g/mol. The predicted octanol–water partition coefficient (Wildman–Crippen LogP) is 2.28. The third kappa shape index (κ3) is 3.87. The van der Waals surface area contributed by atoms with Crippen molar-refractivity contribution >= 4 is 17.6 Å². The second-order valence-electron chi connectivity index (χ2n) is 7.30. The highest BCUT2D eigenvalue weighted by atomic mass is 16.2. The molecule has 0 saturated carbocycles. The first-order valence-corrected chi connectivity index (χ1v) is 9.55. The number of anilines is 1.